The lowest BCUT2D eigenvalue weighted by Gasteiger charge is -2.23. The van der Waals surface area contributed by atoms with Crippen molar-refractivity contribution in [3.05, 3.63) is 95.1 Å². The Hall–Kier alpha value is -3.41. The third kappa shape index (κ3) is 5.93. The quantitative estimate of drug-likeness (QED) is 0.361. The monoisotopic (exact) mass is 494 g/mol. The predicted molar refractivity (Wildman–Crippen MR) is 117 cm³/mol. The molecule has 0 radical (unpaired) electrons. The van der Waals surface area contributed by atoms with Crippen LogP contribution in [0, 0.1) is 0 Å². The van der Waals surface area contributed by atoms with Gasteiger partial charge in [0.2, 0.25) is 10.0 Å². The first-order valence-corrected chi connectivity index (χ1v) is 11.3. The number of sulfonamides is 1. The summed E-state index contributed by atoms with van der Waals surface area (Å²) in [5.41, 5.74) is 1.65. The number of hydroxylamine groups is 1. The van der Waals surface area contributed by atoms with Crippen LogP contribution in [-0.2, 0) is 29.3 Å². The highest BCUT2D eigenvalue weighted by Crippen LogP contribution is 2.32. The smallest absolute Gasteiger partial charge is 0.416 e. The van der Waals surface area contributed by atoms with Crippen molar-refractivity contribution in [2.75, 3.05) is 7.11 Å². The first-order chi connectivity index (χ1) is 16.0. The minimum atomic E-state index is -4.70. The van der Waals surface area contributed by atoms with E-state index in [4.69, 9.17) is 9.94 Å². The molecule has 1 amide bonds. The number of carbonyl (C=O) groups excluding carboxylic acids is 1. The third-order valence-electron chi connectivity index (χ3n) is 4.99. The van der Waals surface area contributed by atoms with Crippen LogP contribution in [-0.4, -0.2) is 30.9 Å². The summed E-state index contributed by atoms with van der Waals surface area (Å²) in [6, 6.07) is 15.9. The van der Waals surface area contributed by atoms with Crippen LogP contribution in [0.2, 0.25) is 0 Å². The summed E-state index contributed by atoms with van der Waals surface area (Å²) in [5.74, 6) is -0.174. The Morgan fingerprint density at radius 2 is 1.53 bits per heavy atom. The normalized spacial score (nSPS) is 11.9. The van der Waals surface area contributed by atoms with Gasteiger partial charge in [0.05, 0.1) is 17.6 Å². The minimum Gasteiger partial charge on any atom is -0.497 e. The van der Waals surface area contributed by atoms with Gasteiger partial charge in [-0.15, -0.1) is 0 Å². The van der Waals surface area contributed by atoms with Crippen LogP contribution in [0.5, 0.6) is 5.75 Å². The average Bonchev–Trinajstić information content (AvgIpc) is 2.83. The van der Waals surface area contributed by atoms with Crippen molar-refractivity contribution in [2.24, 2.45) is 0 Å². The molecule has 0 saturated carbocycles. The third-order valence-corrected chi connectivity index (χ3v) is 6.78. The van der Waals surface area contributed by atoms with Crippen molar-refractivity contribution in [3.63, 3.8) is 0 Å². The van der Waals surface area contributed by atoms with E-state index in [0.717, 1.165) is 22.5 Å². The van der Waals surface area contributed by atoms with Crippen LogP contribution in [0.1, 0.15) is 27.0 Å². The predicted octanol–water partition coefficient (Wildman–Crippen LogP) is 4.22. The highest BCUT2D eigenvalue weighted by molar-refractivity contribution is 7.89. The Morgan fingerprint density at radius 1 is 0.971 bits per heavy atom. The van der Waals surface area contributed by atoms with Crippen molar-refractivity contribution in [1.29, 1.82) is 0 Å². The van der Waals surface area contributed by atoms with Gasteiger partial charge in [0.1, 0.15) is 5.75 Å². The largest absolute Gasteiger partial charge is 0.497 e. The molecule has 0 fully saturated rings. The fraction of sp³-hybridized carbons (Fsp3) is 0.174. The van der Waals surface area contributed by atoms with Gasteiger partial charge in [0.25, 0.3) is 5.91 Å². The number of nitrogens with zero attached hydrogens (tertiary/aromatic N) is 1. The molecule has 3 rings (SSSR count). The lowest BCUT2D eigenvalue weighted by molar-refractivity contribution is -0.137. The summed E-state index contributed by atoms with van der Waals surface area (Å²) in [7, 11) is -2.86. The SMILES string of the molecule is COc1ccc(CN(Cc2ccc(C(=O)NO)cc2)S(=O)(=O)c2cccc(C(F)(F)F)c2)cc1. The van der Waals surface area contributed by atoms with E-state index in [1.807, 2.05) is 0 Å². The highest BCUT2D eigenvalue weighted by atomic mass is 32.2. The first kappa shape index (κ1) is 25.2. The molecule has 0 spiro atoms. The molecule has 0 aliphatic rings. The van der Waals surface area contributed by atoms with Crippen molar-refractivity contribution < 1.29 is 36.3 Å². The van der Waals surface area contributed by atoms with Crippen LogP contribution >= 0.6 is 0 Å². The van der Waals surface area contributed by atoms with E-state index in [1.54, 1.807) is 24.3 Å². The summed E-state index contributed by atoms with van der Waals surface area (Å²) in [6.07, 6.45) is -4.70. The standard InChI is InChI=1S/C23H21F3N2O5S/c1-33-20-11-7-17(8-12-20)15-28(14-16-5-9-18(10-6-16)22(29)27-30)34(31,32)21-4-2-3-19(13-21)23(24,25)26/h2-13,30H,14-15H2,1H3,(H,27,29). The van der Waals surface area contributed by atoms with Crippen molar-refractivity contribution in [1.82, 2.24) is 9.79 Å². The Kier molecular flexibility index (Phi) is 7.60. The molecule has 34 heavy (non-hydrogen) atoms. The summed E-state index contributed by atoms with van der Waals surface area (Å²) in [6.45, 7) is -0.299. The summed E-state index contributed by atoms with van der Waals surface area (Å²) < 4.78 is 72.5. The number of halogens is 3. The number of nitrogens with one attached hydrogen (secondary N) is 1. The Balaban J connectivity index is 1.98. The molecular formula is C23H21F3N2O5S. The van der Waals surface area contributed by atoms with Gasteiger partial charge >= 0.3 is 6.18 Å². The van der Waals surface area contributed by atoms with Crippen molar-refractivity contribution in [2.45, 2.75) is 24.2 Å². The second-order valence-electron chi connectivity index (χ2n) is 7.28. The van der Waals surface area contributed by atoms with Gasteiger partial charge in [-0.25, -0.2) is 13.9 Å². The van der Waals surface area contributed by atoms with E-state index in [0.29, 0.717) is 22.9 Å². The van der Waals surface area contributed by atoms with Gasteiger partial charge in [-0.3, -0.25) is 10.0 Å². The molecule has 3 aromatic carbocycles. The van der Waals surface area contributed by atoms with E-state index in [9.17, 15) is 26.4 Å². The average molecular weight is 494 g/mol. The minimum absolute atomic E-state index is 0.124. The molecule has 3 aromatic rings. The van der Waals surface area contributed by atoms with Crippen LogP contribution in [0.4, 0.5) is 13.2 Å². The second kappa shape index (κ2) is 10.2. The number of ether oxygens (including phenoxy) is 1. The van der Waals surface area contributed by atoms with E-state index in [2.05, 4.69) is 0 Å². The van der Waals surface area contributed by atoms with Crippen LogP contribution in [0.3, 0.4) is 0 Å². The fourth-order valence-corrected chi connectivity index (χ4v) is 4.63. The molecule has 7 nitrogen and oxygen atoms in total. The lowest BCUT2D eigenvalue weighted by atomic mass is 10.1. The van der Waals surface area contributed by atoms with Crippen molar-refractivity contribution in [3.8, 4) is 5.75 Å². The van der Waals surface area contributed by atoms with Crippen LogP contribution in [0.25, 0.3) is 0 Å². The van der Waals surface area contributed by atoms with Gasteiger partial charge in [-0.1, -0.05) is 30.3 Å². The number of alkyl halides is 3. The maximum atomic E-state index is 13.4. The number of carbonyl (C=O) groups is 1. The lowest BCUT2D eigenvalue weighted by Crippen LogP contribution is -2.30. The van der Waals surface area contributed by atoms with Crippen LogP contribution in [0.15, 0.2) is 77.7 Å². The van der Waals surface area contributed by atoms with Gasteiger partial charge in [0, 0.05) is 18.7 Å². The maximum absolute atomic E-state index is 13.4. The summed E-state index contributed by atoms with van der Waals surface area (Å²) >= 11 is 0. The molecule has 0 aliphatic heterocycles. The van der Waals surface area contributed by atoms with E-state index in [1.165, 1.54) is 36.9 Å². The molecular weight excluding hydrogens is 473 g/mol. The number of amides is 1. The fourth-order valence-electron chi connectivity index (χ4n) is 3.17. The van der Waals surface area contributed by atoms with Gasteiger partial charge in [0.15, 0.2) is 0 Å². The molecule has 0 bridgehead atoms. The molecule has 0 unspecified atom stereocenters. The topological polar surface area (TPSA) is 95.9 Å². The zero-order chi connectivity index (χ0) is 24.9. The molecule has 0 aromatic heterocycles. The first-order valence-electron chi connectivity index (χ1n) is 9.88. The molecule has 0 heterocycles. The number of rotatable bonds is 8. The molecule has 2 N–H and O–H groups in total. The highest BCUT2D eigenvalue weighted by Gasteiger charge is 2.33. The van der Waals surface area contributed by atoms with Crippen LogP contribution < -0.4 is 10.2 Å². The Morgan fingerprint density at radius 3 is 2.03 bits per heavy atom. The Bertz CT molecular complexity index is 1240. The number of benzene rings is 3. The molecule has 0 atom stereocenters. The van der Waals surface area contributed by atoms with E-state index < -0.39 is 32.6 Å². The number of methoxy groups -OCH3 is 1. The van der Waals surface area contributed by atoms with Crippen molar-refractivity contribution >= 4 is 15.9 Å². The zero-order valence-corrected chi connectivity index (χ0v) is 18.7. The van der Waals surface area contributed by atoms with E-state index in [-0.39, 0.29) is 18.7 Å². The second-order valence-corrected chi connectivity index (χ2v) is 9.22. The van der Waals surface area contributed by atoms with E-state index >= 15 is 0 Å². The maximum Gasteiger partial charge on any atom is 0.416 e. The Labute approximate surface area is 194 Å². The van der Waals surface area contributed by atoms with Gasteiger partial charge in [-0.05, 0) is 53.6 Å². The molecule has 0 aliphatic carbocycles. The summed E-state index contributed by atoms with van der Waals surface area (Å²) in [4.78, 5) is 11.0. The summed E-state index contributed by atoms with van der Waals surface area (Å²) in [5, 5.41) is 8.74. The molecule has 11 heteroatoms. The number of hydrogen-bond donors (Lipinski definition) is 2. The van der Waals surface area contributed by atoms with Gasteiger partial charge in [-0.2, -0.15) is 17.5 Å². The molecule has 0 saturated heterocycles. The zero-order valence-electron chi connectivity index (χ0n) is 17.9. The number of hydrogen-bond acceptors (Lipinski definition) is 5. The molecule has 180 valence electrons. The van der Waals surface area contributed by atoms with Gasteiger partial charge < -0.3 is 4.74 Å².